The van der Waals surface area contributed by atoms with Gasteiger partial charge in [0.15, 0.2) is 0 Å². The molecule has 0 aromatic carbocycles. The molecule has 11 heavy (non-hydrogen) atoms. The SMILES string of the molecule is CNC(=O)CC[NH-].O.O.[Y].[Y]. The Kier molecular flexibility index (Phi) is 60.2. The van der Waals surface area contributed by atoms with Gasteiger partial charge in [-0.15, -0.1) is 6.54 Å². The summed E-state index contributed by atoms with van der Waals surface area (Å²) in [6, 6.07) is 0. The van der Waals surface area contributed by atoms with E-state index in [9.17, 15) is 4.79 Å². The Balaban J connectivity index is -0.0000000300. The fraction of sp³-hybridized carbons (Fsp3) is 0.750. The van der Waals surface area contributed by atoms with E-state index in [0.717, 1.165) is 0 Å². The predicted molar refractivity (Wildman–Crippen MR) is 35.1 cm³/mol. The second-order valence-electron chi connectivity index (χ2n) is 1.17. The molecule has 0 unspecified atom stereocenters. The molecule has 7 heteroatoms. The number of hydrogen-bond donors (Lipinski definition) is 1. The molecule has 0 bridgehead atoms. The topological polar surface area (TPSA) is 116 Å². The van der Waals surface area contributed by atoms with E-state index in [1.165, 1.54) is 0 Å². The van der Waals surface area contributed by atoms with Gasteiger partial charge in [0.05, 0.1) is 0 Å². The third-order valence-electron chi connectivity index (χ3n) is 0.631. The van der Waals surface area contributed by atoms with Crippen LogP contribution in [-0.4, -0.2) is 30.5 Å². The van der Waals surface area contributed by atoms with Gasteiger partial charge in [0.2, 0.25) is 5.91 Å². The van der Waals surface area contributed by atoms with Gasteiger partial charge in [-0.1, -0.05) is 0 Å². The summed E-state index contributed by atoms with van der Waals surface area (Å²) in [4.78, 5) is 10.2. The molecule has 0 atom stereocenters. The molecule has 6 N–H and O–H groups in total. The van der Waals surface area contributed by atoms with Crippen molar-refractivity contribution in [3.8, 4) is 0 Å². The van der Waals surface area contributed by atoms with Gasteiger partial charge in [0, 0.05) is 78.9 Å². The van der Waals surface area contributed by atoms with Crippen LogP contribution in [0.15, 0.2) is 0 Å². The number of rotatable bonds is 2. The number of nitrogens with one attached hydrogen (secondary N) is 2. The summed E-state index contributed by atoms with van der Waals surface area (Å²) in [6.07, 6.45) is 0.316. The van der Waals surface area contributed by atoms with Crippen LogP contribution in [0, 0.1) is 0 Å². The molecule has 0 aliphatic carbocycles. The molecule has 0 aliphatic rings. The van der Waals surface area contributed by atoms with Crippen LogP contribution in [0.5, 0.6) is 0 Å². The Morgan fingerprint density at radius 1 is 1.36 bits per heavy atom. The maximum Gasteiger partial charge on any atom is 0.217 e. The molecular formula is C4H13N2O3Y2-. The van der Waals surface area contributed by atoms with Gasteiger partial charge in [-0.2, -0.15) is 0 Å². The van der Waals surface area contributed by atoms with Crippen LogP contribution < -0.4 is 5.32 Å². The zero-order valence-corrected chi connectivity index (χ0v) is 12.2. The first-order valence-electron chi connectivity index (χ1n) is 2.16. The summed E-state index contributed by atoms with van der Waals surface area (Å²) in [5, 5.41) is 2.41. The van der Waals surface area contributed by atoms with Crippen molar-refractivity contribution in [1.82, 2.24) is 5.32 Å². The van der Waals surface area contributed by atoms with E-state index >= 15 is 0 Å². The monoisotopic (exact) mass is 315 g/mol. The van der Waals surface area contributed by atoms with Crippen molar-refractivity contribution in [2.24, 2.45) is 0 Å². The molecule has 1 amide bonds. The molecule has 2 radical (unpaired) electrons. The summed E-state index contributed by atoms with van der Waals surface area (Å²) in [6.45, 7) is 0.180. The van der Waals surface area contributed by atoms with Crippen LogP contribution in [0.1, 0.15) is 6.42 Å². The van der Waals surface area contributed by atoms with E-state index in [0.29, 0.717) is 6.42 Å². The largest absolute Gasteiger partial charge is 0.677 e. The summed E-state index contributed by atoms with van der Waals surface area (Å²) >= 11 is 0. The van der Waals surface area contributed by atoms with Gasteiger partial charge in [0.1, 0.15) is 0 Å². The fourth-order valence-corrected chi connectivity index (χ4v) is 0.239. The predicted octanol–water partition coefficient (Wildman–Crippen LogP) is -1.48. The van der Waals surface area contributed by atoms with Crippen molar-refractivity contribution in [2.45, 2.75) is 6.42 Å². The minimum absolute atomic E-state index is 0. The normalized spacial score (nSPS) is 5.27. The molecular weight excluding hydrogens is 302 g/mol. The Morgan fingerprint density at radius 3 is 1.82 bits per heavy atom. The van der Waals surface area contributed by atoms with Gasteiger partial charge in [0.25, 0.3) is 0 Å². The molecule has 0 rings (SSSR count). The molecule has 64 valence electrons. The van der Waals surface area contributed by atoms with Crippen molar-refractivity contribution in [2.75, 3.05) is 13.6 Å². The zero-order valence-electron chi connectivity index (χ0n) is 6.48. The van der Waals surface area contributed by atoms with Crippen LogP contribution in [0.4, 0.5) is 0 Å². The van der Waals surface area contributed by atoms with Crippen molar-refractivity contribution in [3.63, 3.8) is 0 Å². The van der Waals surface area contributed by atoms with Crippen molar-refractivity contribution < 1.29 is 81.2 Å². The molecule has 5 nitrogen and oxygen atoms in total. The third kappa shape index (κ3) is 24.6. The Bertz CT molecular complexity index is 74.4. The van der Waals surface area contributed by atoms with E-state index in [1.807, 2.05) is 0 Å². The second kappa shape index (κ2) is 22.6. The summed E-state index contributed by atoms with van der Waals surface area (Å²) < 4.78 is 0. The summed E-state index contributed by atoms with van der Waals surface area (Å²) in [5.74, 6) is -0.0602. The van der Waals surface area contributed by atoms with Crippen molar-refractivity contribution >= 4 is 5.91 Å². The van der Waals surface area contributed by atoms with Crippen LogP contribution in [0.2, 0.25) is 0 Å². The molecule has 0 heterocycles. The summed E-state index contributed by atoms with van der Waals surface area (Å²) in [5.41, 5.74) is 6.58. The maximum atomic E-state index is 10.2. The smallest absolute Gasteiger partial charge is 0.217 e. The molecule has 0 saturated carbocycles. The van der Waals surface area contributed by atoms with E-state index in [2.05, 4.69) is 5.32 Å². The van der Waals surface area contributed by atoms with Crippen LogP contribution in [0.25, 0.3) is 5.73 Å². The van der Waals surface area contributed by atoms with Crippen LogP contribution in [0.3, 0.4) is 0 Å². The van der Waals surface area contributed by atoms with E-state index in [-0.39, 0.29) is 88.8 Å². The average molecular weight is 315 g/mol. The third-order valence-corrected chi connectivity index (χ3v) is 0.631. The van der Waals surface area contributed by atoms with Gasteiger partial charge in [-0.3, -0.25) is 4.79 Å². The van der Waals surface area contributed by atoms with Crippen molar-refractivity contribution in [3.05, 3.63) is 5.73 Å². The van der Waals surface area contributed by atoms with Gasteiger partial charge >= 0.3 is 0 Å². The minimum Gasteiger partial charge on any atom is -0.677 e. The fourth-order valence-electron chi connectivity index (χ4n) is 0.239. The van der Waals surface area contributed by atoms with E-state index < -0.39 is 0 Å². The molecule has 0 spiro atoms. The molecule has 0 saturated heterocycles. The first-order chi connectivity index (χ1) is 3.31. The first-order valence-corrected chi connectivity index (χ1v) is 2.16. The number of carbonyl (C=O) groups excluding carboxylic acids is 1. The minimum atomic E-state index is -0.0602. The molecule has 0 fully saturated rings. The Morgan fingerprint density at radius 2 is 1.73 bits per heavy atom. The van der Waals surface area contributed by atoms with E-state index in [4.69, 9.17) is 5.73 Å². The van der Waals surface area contributed by atoms with Gasteiger partial charge in [-0.25, -0.2) is 0 Å². The average Bonchev–Trinajstić information content (AvgIpc) is 1.68. The van der Waals surface area contributed by atoms with E-state index in [1.54, 1.807) is 7.05 Å². The molecule has 0 aromatic heterocycles. The number of carbonyl (C=O) groups is 1. The number of amides is 1. The molecule has 0 aromatic rings. The Hall–Kier alpha value is 1.56. The second-order valence-corrected chi connectivity index (χ2v) is 1.17. The Labute approximate surface area is 117 Å². The van der Waals surface area contributed by atoms with Gasteiger partial charge < -0.3 is 22.0 Å². The van der Waals surface area contributed by atoms with Gasteiger partial charge in [-0.05, 0) is 0 Å². The maximum absolute atomic E-state index is 10.2. The summed E-state index contributed by atoms with van der Waals surface area (Å²) in [7, 11) is 1.57. The zero-order chi connectivity index (χ0) is 5.70. The first kappa shape index (κ1) is 29.4. The van der Waals surface area contributed by atoms with Crippen LogP contribution in [-0.2, 0) is 70.2 Å². The van der Waals surface area contributed by atoms with Crippen LogP contribution >= 0.6 is 0 Å². The van der Waals surface area contributed by atoms with Crippen molar-refractivity contribution in [1.29, 1.82) is 0 Å². The molecule has 0 aliphatic heterocycles. The standard InChI is InChI=1S/C4H9N2O.2H2O.2Y/c1-6-4(7)2-3-5;;;;/h5H,2-3H2,1H3,(H,6,7);2*1H2;;/q-1;;;;. The quantitative estimate of drug-likeness (QED) is 0.657. The number of hydrogen-bond acceptors (Lipinski definition) is 1.